The van der Waals surface area contributed by atoms with E-state index in [1.54, 1.807) is 0 Å². The van der Waals surface area contributed by atoms with Crippen molar-refractivity contribution in [2.24, 2.45) is 5.92 Å². The van der Waals surface area contributed by atoms with Crippen molar-refractivity contribution >= 4 is 5.78 Å². The van der Waals surface area contributed by atoms with E-state index in [-0.39, 0.29) is 0 Å². The molecule has 0 unspecified atom stereocenters. The zero-order valence-corrected chi connectivity index (χ0v) is 14.4. The summed E-state index contributed by atoms with van der Waals surface area (Å²) in [5.74, 6) is 1.10. The minimum absolute atomic E-state index is 0.382. The Labute approximate surface area is 145 Å². The van der Waals surface area contributed by atoms with Gasteiger partial charge in [0.2, 0.25) is 0 Å². The van der Waals surface area contributed by atoms with Crippen LogP contribution < -0.4 is 0 Å². The van der Waals surface area contributed by atoms with Gasteiger partial charge in [-0.05, 0) is 49.4 Å². The summed E-state index contributed by atoms with van der Waals surface area (Å²) in [6.45, 7) is 3.37. The number of Topliss-reactive ketones (excluding diaryl/α,β-unsaturated/α-hetero) is 1. The van der Waals surface area contributed by atoms with E-state index in [0.717, 1.165) is 44.0 Å². The van der Waals surface area contributed by atoms with Crippen LogP contribution in [0.3, 0.4) is 0 Å². The minimum atomic E-state index is 0.382. The number of hydrogen-bond acceptors (Lipinski definition) is 2. The van der Waals surface area contributed by atoms with Crippen molar-refractivity contribution in [2.45, 2.75) is 38.6 Å². The van der Waals surface area contributed by atoms with E-state index in [1.165, 1.54) is 18.4 Å². The van der Waals surface area contributed by atoms with Crippen LogP contribution >= 0.6 is 0 Å². The number of rotatable bonds is 7. The standard InChI is InChI=1S/C22H27NO/c24-22(17-20-7-3-1-4-8-20)12-11-19-13-15-23(16-14-19)18-21-9-5-2-6-10-21/h1-10,19H,11-18H2. The average molecular weight is 321 g/mol. The summed E-state index contributed by atoms with van der Waals surface area (Å²) in [5.41, 5.74) is 2.54. The third kappa shape index (κ3) is 5.31. The normalized spacial score (nSPS) is 16.2. The summed E-state index contributed by atoms with van der Waals surface area (Å²) in [4.78, 5) is 14.7. The fraction of sp³-hybridized carbons (Fsp3) is 0.409. The van der Waals surface area contributed by atoms with Gasteiger partial charge in [0.15, 0.2) is 0 Å². The monoisotopic (exact) mass is 321 g/mol. The van der Waals surface area contributed by atoms with E-state index >= 15 is 0 Å². The predicted molar refractivity (Wildman–Crippen MR) is 98.8 cm³/mol. The van der Waals surface area contributed by atoms with Crippen molar-refractivity contribution in [3.8, 4) is 0 Å². The van der Waals surface area contributed by atoms with Crippen LogP contribution in [-0.4, -0.2) is 23.8 Å². The Hall–Kier alpha value is -1.93. The molecule has 1 fully saturated rings. The Bertz CT molecular complexity index is 615. The Kier molecular flexibility index (Phi) is 6.20. The van der Waals surface area contributed by atoms with E-state index in [0.29, 0.717) is 12.2 Å². The van der Waals surface area contributed by atoms with Gasteiger partial charge in [0.1, 0.15) is 5.78 Å². The van der Waals surface area contributed by atoms with Crippen LogP contribution in [0.25, 0.3) is 0 Å². The van der Waals surface area contributed by atoms with Crippen molar-refractivity contribution in [2.75, 3.05) is 13.1 Å². The quantitative estimate of drug-likeness (QED) is 0.749. The van der Waals surface area contributed by atoms with Crippen LogP contribution in [-0.2, 0) is 17.8 Å². The lowest BCUT2D eigenvalue weighted by Crippen LogP contribution is -2.33. The smallest absolute Gasteiger partial charge is 0.137 e. The summed E-state index contributed by atoms with van der Waals surface area (Å²) in [5, 5.41) is 0. The summed E-state index contributed by atoms with van der Waals surface area (Å²) >= 11 is 0. The number of hydrogen-bond donors (Lipinski definition) is 0. The van der Waals surface area contributed by atoms with Gasteiger partial charge < -0.3 is 0 Å². The minimum Gasteiger partial charge on any atom is -0.299 e. The molecule has 1 saturated heterocycles. The first-order valence-electron chi connectivity index (χ1n) is 9.11. The van der Waals surface area contributed by atoms with Crippen LogP contribution in [0.4, 0.5) is 0 Å². The lowest BCUT2D eigenvalue weighted by Gasteiger charge is -2.32. The fourth-order valence-electron chi connectivity index (χ4n) is 3.55. The molecule has 0 aliphatic carbocycles. The molecule has 1 heterocycles. The molecule has 2 aromatic carbocycles. The number of carbonyl (C=O) groups is 1. The lowest BCUT2D eigenvalue weighted by molar-refractivity contribution is -0.118. The number of carbonyl (C=O) groups excluding carboxylic acids is 1. The van der Waals surface area contributed by atoms with Crippen molar-refractivity contribution in [1.29, 1.82) is 0 Å². The highest BCUT2D eigenvalue weighted by Crippen LogP contribution is 2.23. The molecular formula is C22H27NO. The largest absolute Gasteiger partial charge is 0.299 e. The molecule has 0 aromatic heterocycles. The van der Waals surface area contributed by atoms with Crippen molar-refractivity contribution in [1.82, 2.24) is 4.90 Å². The number of likely N-dealkylation sites (tertiary alicyclic amines) is 1. The van der Waals surface area contributed by atoms with Crippen molar-refractivity contribution < 1.29 is 4.79 Å². The third-order valence-corrected chi connectivity index (χ3v) is 5.03. The number of nitrogens with zero attached hydrogens (tertiary/aromatic N) is 1. The molecule has 2 aromatic rings. The average Bonchev–Trinajstić information content (AvgIpc) is 2.63. The topological polar surface area (TPSA) is 20.3 Å². The van der Waals surface area contributed by atoms with Gasteiger partial charge in [0, 0.05) is 19.4 Å². The second-order valence-corrected chi connectivity index (χ2v) is 6.94. The summed E-state index contributed by atoms with van der Waals surface area (Å²) in [6, 6.07) is 20.8. The maximum absolute atomic E-state index is 12.2. The zero-order valence-electron chi connectivity index (χ0n) is 14.4. The first-order valence-corrected chi connectivity index (χ1v) is 9.11. The lowest BCUT2D eigenvalue weighted by atomic mass is 9.90. The molecule has 126 valence electrons. The molecule has 0 bridgehead atoms. The molecule has 1 aliphatic heterocycles. The van der Waals surface area contributed by atoms with Gasteiger partial charge in [-0.1, -0.05) is 60.7 Å². The van der Waals surface area contributed by atoms with Gasteiger partial charge in [-0.25, -0.2) is 0 Å². The molecule has 0 radical (unpaired) electrons. The molecule has 0 N–H and O–H groups in total. The highest BCUT2D eigenvalue weighted by atomic mass is 16.1. The van der Waals surface area contributed by atoms with Gasteiger partial charge in [0.05, 0.1) is 0 Å². The molecule has 0 spiro atoms. The van der Waals surface area contributed by atoms with Crippen LogP contribution in [0.1, 0.15) is 36.8 Å². The van der Waals surface area contributed by atoms with Crippen molar-refractivity contribution in [3.63, 3.8) is 0 Å². The van der Waals surface area contributed by atoms with Gasteiger partial charge in [-0.2, -0.15) is 0 Å². The molecule has 3 rings (SSSR count). The Balaban J connectivity index is 1.36. The summed E-state index contributed by atoms with van der Waals surface area (Å²) < 4.78 is 0. The highest BCUT2D eigenvalue weighted by molar-refractivity contribution is 5.80. The van der Waals surface area contributed by atoms with E-state index < -0.39 is 0 Å². The molecule has 24 heavy (non-hydrogen) atoms. The summed E-state index contributed by atoms with van der Waals surface area (Å²) in [7, 11) is 0. The van der Waals surface area contributed by atoms with E-state index in [1.807, 2.05) is 30.3 Å². The Morgan fingerprint density at radius 3 is 2.08 bits per heavy atom. The van der Waals surface area contributed by atoms with Gasteiger partial charge in [0.25, 0.3) is 0 Å². The van der Waals surface area contributed by atoms with Crippen molar-refractivity contribution in [3.05, 3.63) is 71.8 Å². The molecule has 0 atom stereocenters. The highest BCUT2D eigenvalue weighted by Gasteiger charge is 2.19. The van der Waals surface area contributed by atoms with Crippen LogP contribution in [0.2, 0.25) is 0 Å². The van der Waals surface area contributed by atoms with E-state index in [9.17, 15) is 4.79 Å². The van der Waals surface area contributed by atoms with Gasteiger partial charge >= 0.3 is 0 Å². The number of ketones is 1. The maximum Gasteiger partial charge on any atom is 0.137 e. The molecular weight excluding hydrogens is 294 g/mol. The first kappa shape index (κ1) is 16.9. The van der Waals surface area contributed by atoms with Crippen LogP contribution in [0, 0.1) is 5.92 Å². The van der Waals surface area contributed by atoms with Crippen LogP contribution in [0.5, 0.6) is 0 Å². The molecule has 0 saturated carbocycles. The third-order valence-electron chi connectivity index (χ3n) is 5.03. The van der Waals surface area contributed by atoms with E-state index in [4.69, 9.17) is 0 Å². The number of piperidine rings is 1. The zero-order chi connectivity index (χ0) is 16.6. The molecule has 2 heteroatoms. The Morgan fingerprint density at radius 1 is 0.875 bits per heavy atom. The molecule has 1 aliphatic rings. The van der Waals surface area contributed by atoms with Crippen LogP contribution in [0.15, 0.2) is 60.7 Å². The van der Waals surface area contributed by atoms with Gasteiger partial charge in [-0.15, -0.1) is 0 Å². The predicted octanol–water partition coefficient (Wildman–Crippen LogP) is 4.49. The molecule has 2 nitrogen and oxygen atoms in total. The summed E-state index contributed by atoms with van der Waals surface area (Å²) in [6.07, 6.45) is 4.84. The molecule has 0 amide bonds. The Morgan fingerprint density at radius 2 is 1.46 bits per heavy atom. The van der Waals surface area contributed by atoms with E-state index in [2.05, 4.69) is 35.2 Å². The second-order valence-electron chi connectivity index (χ2n) is 6.94. The fourth-order valence-corrected chi connectivity index (χ4v) is 3.55. The SMILES string of the molecule is O=C(CCC1CCN(Cc2ccccc2)CC1)Cc1ccccc1. The second kappa shape index (κ2) is 8.79. The van der Waals surface area contributed by atoms with Gasteiger partial charge in [-0.3, -0.25) is 9.69 Å². The maximum atomic E-state index is 12.2. The first-order chi connectivity index (χ1) is 11.8. The number of benzene rings is 2.